The van der Waals surface area contributed by atoms with E-state index in [9.17, 15) is 9.59 Å². The predicted molar refractivity (Wildman–Crippen MR) is 133 cm³/mol. The molecule has 5 heterocycles. The van der Waals surface area contributed by atoms with Gasteiger partial charge in [0.2, 0.25) is 0 Å². The molecule has 3 aromatic heterocycles. The molecule has 1 amide bonds. The van der Waals surface area contributed by atoms with Crippen LogP contribution < -0.4 is 10.5 Å². The molecule has 5 rings (SSSR count). The molecule has 8 nitrogen and oxygen atoms in total. The van der Waals surface area contributed by atoms with Gasteiger partial charge in [-0.25, -0.2) is 4.98 Å². The number of piperazine rings is 1. The zero-order valence-electron chi connectivity index (χ0n) is 18.4. The second-order valence-corrected chi connectivity index (χ2v) is 9.85. The molecule has 2 aliphatic rings. The van der Waals surface area contributed by atoms with E-state index >= 15 is 0 Å². The topological polar surface area (TPSA) is 74.3 Å². The van der Waals surface area contributed by atoms with E-state index in [-0.39, 0.29) is 18.0 Å². The standard InChI is InChI=1S/C23H23N5O3S2/c1-15-5-3-7-27-19(15)24-20(26-10-8-25(2)9-11-26)17(21(27)29)13-18-22(30)28(23(32)33-18)14-16-6-4-12-31-16/h3-7,12-13H,8-11,14H2,1-2H3/b18-13-. The molecule has 3 aromatic rings. The van der Waals surface area contributed by atoms with Gasteiger partial charge in [-0.15, -0.1) is 0 Å². The minimum Gasteiger partial charge on any atom is -0.467 e. The van der Waals surface area contributed by atoms with Crippen LogP contribution >= 0.6 is 24.0 Å². The molecular weight excluding hydrogens is 458 g/mol. The van der Waals surface area contributed by atoms with Crippen molar-refractivity contribution in [2.75, 3.05) is 38.1 Å². The van der Waals surface area contributed by atoms with E-state index in [4.69, 9.17) is 21.6 Å². The summed E-state index contributed by atoms with van der Waals surface area (Å²) >= 11 is 6.65. The molecule has 2 saturated heterocycles. The summed E-state index contributed by atoms with van der Waals surface area (Å²) in [5.74, 6) is 1.02. The van der Waals surface area contributed by atoms with Gasteiger partial charge in [-0.1, -0.05) is 30.0 Å². The number of amides is 1. The van der Waals surface area contributed by atoms with Gasteiger partial charge in [0.05, 0.1) is 23.3 Å². The molecule has 0 N–H and O–H groups in total. The maximum atomic E-state index is 13.6. The summed E-state index contributed by atoms with van der Waals surface area (Å²) in [6.45, 7) is 5.46. The zero-order chi connectivity index (χ0) is 23.1. The highest BCUT2D eigenvalue weighted by atomic mass is 32.2. The number of hydrogen-bond donors (Lipinski definition) is 0. The summed E-state index contributed by atoms with van der Waals surface area (Å²) in [5, 5.41) is 0. The number of aromatic nitrogens is 2. The molecule has 0 spiro atoms. The van der Waals surface area contributed by atoms with Gasteiger partial charge in [0.25, 0.3) is 11.5 Å². The molecule has 2 aliphatic heterocycles. The summed E-state index contributed by atoms with van der Waals surface area (Å²) in [6.07, 6.45) is 4.93. The minimum atomic E-state index is -0.237. The van der Waals surface area contributed by atoms with Crippen molar-refractivity contribution in [3.05, 3.63) is 68.9 Å². The fourth-order valence-corrected chi connectivity index (χ4v) is 5.25. The normalized spacial score (nSPS) is 18.8. The number of likely N-dealkylation sites (N-methyl/N-ethyl adjacent to an activating group) is 1. The number of thiocarbonyl (C=S) groups is 1. The molecule has 0 atom stereocenters. The van der Waals surface area contributed by atoms with E-state index in [1.807, 2.05) is 19.1 Å². The van der Waals surface area contributed by atoms with Gasteiger partial charge in [-0.05, 0) is 43.8 Å². The Bertz CT molecular complexity index is 1320. The van der Waals surface area contributed by atoms with Gasteiger partial charge in [-0.2, -0.15) is 0 Å². The number of carbonyl (C=O) groups excluding carboxylic acids is 1. The number of nitrogens with zero attached hydrogens (tertiary/aromatic N) is 5. The number of hydrogen-bond acceptors (Lipinski definition) is 8. The van der Waals surface area contributed by atoms with Crippen molar-refractivity contribution in [1.82, 2.24) is 19.2 Å². The third-order valence-corrected chi connectivity index (χ3v) is 7.29. The zero-order valence-corrected chi connectivity index (χ0v) is 20.0. The smallest absolute Gasteiger partial charge is 0.267 e. The van der Waals surface area contributed by atoms with Gasteiger partial charge < -0.3 is 14.2 Å². The van der Waals surface area contributed by atoms with Crippen LogP contribution in [0.4, 0.5) is 5.82 Å². The van der Waals surface area contributed by atoms with Crippen LogP contribution in [0.1, 0.15) is 16.9 Å². The van der Waals surface area contributed by atoms with E-state index in [1.165, 1.54) is 16.7 Å². The van der Waals surface area contributed by atoms with Crippen molar-refractivity contribution in [3.63, 3.8) is 0 Å². The lowest BCUT2D eigenvalue weighted by atomic mass is 10.2. The highest BCUT2D eigenvalue weighted by molar-refractivity contribution is 8.26. The first-order valence-corrected chi connectivity index (χ1v) is 11.9. The summed E-state index contributed by atoms with van der Waals surface area (Å²) < 4.78 is 7.36. The highest BCUT2D eigenvalue weighted by Gasteiger charge is 2.33. The fraction of sp³-hybridized carbons (Fsp3) is 0.304. The number of furan rings is 1. The molecule has 0 aromatic carbocycles. The molecular formula is C23H23N5O3S2. The molecule has 0 bridgehead atoms. The SMILES string of the molecule is Cc1cccn2c(=O)c(/C=C3\SC(=S)N(Cc4ccco4)C3=O)c(N3CCN(C)CC3)nc12. The quantitative estimate of drug-likeness (QED) is 0.416. The first-order chi connectivity index (χ1) is 15.9. The van der Waals surface area contributed by atoms with Crippen molar-refractivity contribution >= 4 is 51.7 Å². The van der Waals surface area contributed by atoms with Gasteiger partial charge in [0, 0.05) is 32.4 Å². The van der Waals surface area contributed by atoms with Crippen molar-refractivity contribution in [2.24, 2.45) is 0 Å². The summed E-state index contributed by atoms with van der Waals surface area (Å²) in [6, 6.07) is 7.34. The van der Waals surface area contributed by atoms with Gasteiger partial charge in [0.15, 0.2) is 0 Å². The van der Waals surface area contributed by atoms with Gasteiger partial charge >= 0.3 is 0 Å². The molecule has 170 valence electrons. The third kappa shape index (κ3) is 4.09. The van der Waals surface area contributed by atoms with Crippen molar-refractivity contribution < 1.29 is 9.21 Å². The molecule has 0 aliphatic carbocycles. The second kappa shape index (κ2) is 8.77. The number of thioether (sulfide) groups is 1. The Morgan fingerprint density at radius 2 is 1.97 bits per heavy atom. The van der Waals surface area contributed by atoms with Crippen LogP contribution in [0.3, 0.4) is 0 Å². The van der Waals surface area contributed by atoms with Crippen LogP contribution in [0.25, 0.3) is 11.7 Å². The third-order valence-electron chi connectivity index (χ3n) is 5.91. The van der Waals surface area contributed by atoms with Crippen LogP contribution in [-0.2, 0) is 11.3 Å². The Hall–Kier alpha value is -2.95. The molecule has 0 radical (unpaired) electrons. The lowest BCUT2D eigenvalue weighted by Crippen LogP contribution is -2.45. The minimum absolute atomic E-state index is 0.200. The van der Waals surface area contributed by atoms with Crippen molar-refractivity contribution in [2.45, 2.75) is 13.5 Å². The summed E-state index contributed by atoms with van der Waals surface area (Å²) in [5.41, 5.74) is 1.75. The largest absolute Gasteiger partial charge is 0.467 e. The van der Waals surface area contributed by atoms with Crippen molar-refractivity contribution in [1.29, 1.82) is 0 Å². The maximum absolute atomic E-state index is 13.6. The first-order valence-electron chi connectivity index (χ1n) is 10.7. The molecule has 2 fully saturated rings. The number of fused-ring (bicyclic) bond motifs is 1. The van der Waals surface area contributed by atoms with Gasteiger partial charge in [-0.3, -0.25) is 18.9 Å². The van der Waals surface area contributed by atoms with E-state index in [2.05, 4.69) is 16.8 Å². The van der Waals surface area contributed by atoms with Crippen molar-refractivity contribution in [3.8, 4) is 0 Å². The predicted octanol–water partition coefficient (Wildman–Crippen LogP) is 2.75. The molecule has 33 heavy (non-hydrogen) atoms. The van der Waals surface area contributed by atoms with E-state index in [0.29, 0.717) is 32.0 Å². The highest BCUT2D eigenvalue weighted by Crippen LogP contribution is 2.34. The number of aryl methyl sites for hydroxylation is 1. The molecule has 0 unspecified atom stereocenters. The monoisotopic (exact) mass is 481 g/mol. The van der Waals surface area contributed by atoms with Crippen LogP contribution in [0.2, 0.25) is 0 Å². The Kier molecular flexibility index (Phi) is 5.81. The molecule has 0 saturated carbocycles. The first kappa shape index (κ1) is 21.9. The van der Waals surface area contributed by atoms with Crippen LogP contribution in [-0.4, -0.2) is 62.6 Å². The number of anilines is 1. The lowest BCUT2D eigenvalue weighted by molar-refractivity contribution is -0.122. The Morgan fingerprint density at radius 3 is 2.70 bits per heavy atom. The average Bonchev–Trinajstić information content (AvgIpc) is 3.41. The van der Waals surface area contributed by atoms with Crippen LogP contribution in [0.5, 0.6) is 0 Å². The van der Waals surface area contributed by atoms with Crippen LogP contribution in [0, 0.1) is 6.92 Å². The van der Waals surface area contributed by atoms with E-state index in [0.717, 1.165) is 31.7 Å². The second-order valence-electron chi connectivity index (χ2n) is 8.18. The average molecular weight is 482 g/mol. The van der Waals surface area contributed by atoms with E-state index < -0.39 is 0 Å². The summed E-state index contributed by atoms with van der Waals surface area (Å²) in [7, 11) is 2.08. The number of pyridine rings is 1. The Balaban J connectivity index is 1.59. The lowest BCUT2D eigenvalue weighted by Gasteiger charge is -2.34. The summed E-state index contributed by atoms with van der Waals surface area (Å²) in [4.78, 5) is 37.9. The molecule has 10 heteroatoms. The maximum Gasteiger partial charge on any atom is 0.267 e. The fourth-order valence-electron chi connectivity index (χ4n) is 4.01. The van der Waals surface area contributed by atoms with E-state index in [1.54, 1.807) is 35.1 Å². The number of carbonyl (C=O) groups is 1. The number of rotatable bonds is 4. The Morgan fingerprint density at radius 1 is 1.18 bits per heavy atom. The Labute approximate surface area is 200 Å². The van der Waals surface area contributed by atoms with Crippen LogP contribution in [0.15, 0.2) is 50.8 Å². The van der Waals surface area contributed by atoms with Gasteiger partial charge in [0.1, 0.15) is 21.5 Å².